The molecule has 4 rings (SSSR count). The molecule has 1 saturated heterocycles. The first kappa shape index (κ1) is 19.9. The van der Waals surface area contributed by atoms with Gasteiger partial charge in [0.15, 0.2) is 0 Å². The van der Waals surface area contributed by atoms with Gasteiger partial charge in [0, 0.05) is 39.2 Å². The van der Waals surface area contributed by atoms with Crippen LogP contribution in [0.25, 0.3) is 17.0 Å². The fraction of sp³-hybridized carbons (Fsp3) is 0.182. The monoisotopic (exact) mass is 472 g/mol. The largest absolute Gasteiger partial charge is 0.342 e. The maximum absolute atomic E-state index is 14.2. The number of halogens is 2. The molecule has 29 heavy (non-hydrogen) atoms. The van der Waals surface area contributed by atoms with Crippen LogP contribution in [-0.4, -0.2) is 27.2 Å². The van der Waals surface area contributed by atoms with Gasteiger partial charge in [0.1, 0.15) is 5.82 Å². The quantitative estimate of drug-likeness (QED) is 0.425. The van der Waals surface area contributed by atoms with Gasteiger partial charge in [-0.3, -0.25) is 14.5 Å². The Hall–Kier alpha value is -2.38. The molecule has 1 aromatic heterocycles. The van der Waals surface area contributed by atoms with E-state index in [1.165, 1.54) is 11.0 Å². The van der Waals surface area contributed by atoms with Gasteiger partial charge < -0.3 is 4.57 Å². The maximum Gasteiger partial charge on any atom is 0.293 e. The van der Waals surface area contributed by atoms with Crippen molar-refractivity contribution in [3.05, 3.63) is 75.0 Å². The predicted molar refractivity (Wildman–Crippen MR) is 118 cm³/mol. The number of carbonyl (C=O) groups is 2. The number of hydrogen-bond donors (Lipinski definition) is 0. The number of rotatable bonds is 5. The van der Waals surface area contributed by atoms with Crippen LogP contribution in [0.2, 0.25) is 0 Å². The van der Waals surface area contributed by atoms with Crippen molar-refractivity contribution < 1.29 is 14.0 Å². The van der Waals surface area contributed by atoms with Gasteiger partial charge >= 0.3 is 0 Å². The molecule has 0 unspecified atom stereocenters. The number of hydrogen-bond acceptors (Lipinski definition) is 3. The number of nitrogens with zero attached hydrogens (tertiary/aromatic N) is 2. The van der Waals surface area contributed by atoms with E-state index in [1.807, 2.05) is 42.0 Å². The third-order valence-electron chi connectivity index (χ3n) is 4.78. The highest BCUT2D eigenvalue weighted by atomic mass is 79.9. The van der Waals surface area contributed by atoms with E-state index in [-0.39, 0.29) is 17.0 Å². The second-order valence-electron chi connectivity index (χ2n) is 6.80. The molecule has 3 aromatic rings. The molecular formula is C22H18BrFN2O2S. The summed E-state index contributed by atoms with van der Waals surface area (Å²) in [5.74, 6) is -0.513. The molecule has 0 radical (unpaired) electrons. The summed E-state index contributed by atoms with van der Waals surface area (Å²) in [7, 11) is 0. The van der Waals surface area contributed by atoms with Crippen molar-refractivity contribution in [2.45, 2.75) is 19.9 Å². The SMILES string of the molecule is CCCN1C(=O)S/C(=C\c2cn(Cc3ccccc3F)c3ccc(Br)cc23)C1=O. The van der Waals surface area contributed by atoms with Crippen LogP contribution in [0.3, 0.4) is 0 Å². The van der Waals surface area contributed by atoms with Crippen molar-refractivity contribution in [3.63, 3.8) is 0 Å². The summed E-state index contributed by atoms with van der Waals surface area (Å²) in [5, 5.41) is 0.692. The molecule has 1 fully saturated rings. The molecule has 0 atom stereocenters. The lowest BCUT2D eigenvalue weighted by Gasteiger charge is -2.09. The van der Waals surface area contributed by atoms with E-state index in [0.29, 0.717) is 23.6 Å². The first-order valence-electron chi connectivity index (χ1n) is 9.25. The zero-order chi connectivity index (χ0) is 20.5. The molecule has 0 N–H and O–H groups in total. The summed E-state index contributed by atoms with van der Waals surface area (Å²) in [4.78, 5) is 26.4. The van der Waals surface area contributed by atoms with Gasteiger partial charge in [-0.25, -0.2) is 4.39 Å². The fourth-order valence-corrected chi connectivity index (χ4v) is 4.63. The molecule has 1 aliphatic rings. The third kappa shape index (κ3) is 3.89. The lowest BCUT2D eigenvalue weighted by molar-refractivity contribution is -0.122. The van der Waals surface area contributed by atoms with E-state index in [9.17, 15) is 14.0 Å². The molecule has 4 nitrogen and oxygen atoms in total. The highest BCUT2D eigenvalue weighted by molar-refractivity contribution is 9.10. The highest BCUT2D eigenvalue weighted by Crippen LogP contribution is 2.35. The minimum Gasteiger partial charge on any atom is -0.342 e. The molecular weight excluding hydrogens is 455 g/mol. The Morgan fingerprint density at radius 3 is 2.72 bits per heavy atom. The first-order chi connectivity index (χ1) is 14.0. The Bertz CT molecular complexity index is 1150. The van der Waals surface area contributed by atoms with Crippen LogP contribution >= 0.6 is 27.7 Å². The predicted octanol–water partition coefficient (Wildman–Crippen LogP) is 6.04. The topological polar surface area (TPSA) is 42.3 Å². The van der Waals surface area contributed by atoms with E-state index in [1.54, 1.807) is 18.2 Å². The Kier molecular flexibility index (Phi) is 5.61. The summed E-state index contributed by atoms with van der Waals surface area (Å²) in [6.07, 6.45) is 4.38. The van der Waals surface area contributed by atoms with E-state index in [0.717, 1.165) is 39.1 Å². The standard InChI is InChI=1S/C22H18BrFN2O2S/c1-2-9-26-21(27)20(29-22(26)28)10-15-13-25(12-14-5-3-4-6-18(14)24)19-8-7-16(23)11-17(15)19/h3-8,10-11,13H,2,9,12H2,1H3/b20-10-. The zero-order valence-corrected chi connectivity index (χ0v) is 18.1. The fourth-order valence-electron chi connectivity index (χ4n) is 3.41. The summed E-state index contributed by atoms with van der Waals surface area (Å²) in [5.41, 5.74) is 2.33. The number of aromatic nitrogens is 1. The van der Waals surface area contributed by atoms with E-state index < -0.39 is 0 Å². The molecule has 0 aliphatic carbocycles. The Morgan fingerprint density at radius 2 is 1.97 bits per heavy atom. The average molecular weight is 473 g/mol. The smallest absolute Gasteiger partial charge is 0.293 e. The van der Waals surface area contributed by atoms with E-state index >= 15 is 0 Å². The zero-order valence-electron chi connectivity index (χ0n) is 15.7. The van der Waals surface area contributed by atoms with Crippen LogP contribution in [-0.2, 0) is 11.3 Å². The molecule has 2 heterocycles. The molecule has 0 saturated carbocycles. The van der Waals surface area contributed by atoms with Crippen LogP contribution in [0.5, 0.6) is 0 Å². The number of benzene rings is 2. The Morgan fingerprint density at radius 1 is 1.17 bits per heavy atom. The molecule has 7 heteroatoms. The molecule has 2 aromatic carbocycles. The van der Waals surface area contributed by atoms with E-state index in [2.05, 4.69) is 15.9 Å². The van der Waals surface area contributed by atoms with Gasteiger partial charge in [-0.2, -0.15) is 0 Å². The minimum atomic E-state index is -0.258. The van der Waals surface area contributed by atoms with Crippen LogP contribution < -0.4 is 0 Å². The van der Waals surface area contributed by atoms with Crippen molar-refractivity contribution in [1.82, 2.24) is 9.47 Å². The Balaban J connectivity index is 1.77. The molecule has 148 valence electrons. The summed E-state index contributed by atoms with van der Waals surface area (Å²) in [6, 6.07) is 12.5. The Labute approximate surface area is 180 Å². The van der Waals surface area contributed by atoms with Gasteiger partial charge in [-0.05, 0) is 48.5 Å². The normalized spacial score (nSPS) is 15.8. The first-order valence-corrected chi connectivity index (χ1v) is 10.9. The van der Waals surface area contributed by atoms with Gasteiger partial charge in [0.05, 0.1) is 11.4 Å². The van der Waals surface area contributed by atoms with Crippen molar-refractivity contribution in [2.75, 3.05) is 6.54 Å². The lowest BCUT2D eigenvalue weighted by atomic mass is 10.1. The summed E-state index contributed by atoms with van der Waals surface area (Å²) >= 11 is 4.46. The third-order valence-corrected chi connectivity index (χ3v) is 6.18. The summed E-state index contributed by atoms with van der Waals surface area (Å²) < 4.78 is 17.0. The summed E-state index contributed by atoms with van der Waals surface area (Å²) in [6.45, 7) is 2.72. The average Bonchev–Trinajstić information content (AvgIpc) is 3.16. The van der Waals surface area contributed by atoms with Crippen molar-refractivity contribution in [1.29, 1.82) is 0 Å². The van der Waals surface area contributed by atoms with Crippen LogP contribution in [0.4, 0.5) is 9.18 Å². The lowest BCUT2D eigenvalue weighted by Crippen LogP contribution is -2.28. The van der Waals surface area contributed by atoms with E-state index in [4.69, 9.17) is 0 Å². The number of thioether (sulfide) groups is 1. The van der Waals surface area contributed by atoms with Gasteiger partial charge in [-0.15, -0.1) is 0 Å². The molecule has 0 bridgehead atoms. The van der Waals surface area contributed by atoms with Gasteiger partial charge in [-0.1, -0.05) is 41.1 Å². The van der Waals surface area contributed by atoms with Gasteiger partial charge in [0.25, 0.3) is 11.1 Å². The number of fused-ring (bicyclic) bond motifs is 1. The van der Waals surface area contributed by atoms with Crippen molar-refractivity contribution in [3.8, 4) is 0 Å². The maximum atomic E-state index is 14.2. The van der Waals surface area contributed by atoms with Gasteiger partial charge in [0.2, 0.25) is 0 Å². The second-order valence-corrected chi connectivity index (χ2v) is 8.71. The highest BCUT2D eigenvalue weighted by Gasteiger charge is 2.34. The van der Waals surface area contributed by atoms with Crippen LogP contribution in [0, 0.1) is 5.82 Å². The van der Waals surface area contributed by atoms with Crippen molar-refractivity contribution >= 4 is 55.8 Å². The molecule has 1 aliphatic heterocycles. The second kappa shape index (κ2) is 8.16. The number of imide groups is 1. The van der Waals surface area contributed by atoms with Crippen molar-refractivity contribution in [2.24, 2.45) is 0 Å². The van der Waals surface area contributed by atoms with Crippen LogP contribution in [0.15, 0.2) is 58.0 Å². The van der Waals surface area contributed by atoms with Crippen LogP contribution in [0.1, 0.15) is 24.5 Å². The molecule has 2 amide bonds. The number of amides is 2. The molecule has 0 spiro atoms. The minimum absolute atomic E-state index is 0.237. The number of carbonyl (C=O) groups excluding carboxylic acids is 2.